The lowest BCUT2D eigenvalue weighted by Crippen LogP contribution is -2.37. The zero-order valence-corrected chi connectivity index (χ0v) is 13.7. The Morgan fingerprint density at radius 1 is 1.29 bits per heavy atom. The summed E-state index contributed by atoms with van der Waals surface area (Å²) >= 11 is 1.61. The third-order valence-corrected chi connectivity index (χ3v) is 4.82. The molecule has 0 bridgehead atoms. The van der Waals surface area contributed by atoms with Crippen LogP contribution < -0.4 is 0 Å². The second-order valence-electron chi connectivity index (χ2n) is 5.65. The molecule has 0 saturated carbocycles. The Bertz CT molecular complexity index is 789. The van der Waals surface area contributed by atoms with Gasteiger partial charge in [-0.05, 0) is 24.3 Å². The number of morpholine rings is 1. The molecule has 1 saturated heterocycles. The van der Waals surface area contributed by atoms with Crippen molar-refractivity contribution in [3.05, 3.63) is 58.5 Å². The van der Waals surface area contributed by atoms with Crippen molar-refractivity contribution in [1.29, 1.82) is 0 Å². The van der Waals surface area contributed by atoms with Gasteiger partial charge in [0, 0.05) is 36.3 Å². The average molecular weight is 345 g/mol. The van der Waals surface area contributed by atoms with Crippen molar-refractivity contribution in [1.82, 2.24) is 15.0 Å². The van der Waals surface area contributed by atoms with Crippen LogP contribution in [0, 0.1) is 5.82 Å². The van der Waals surface area contributed by atoms with Crippen LogP contribution in [0.3, 0.4) is 0 Å². The third-order valence-electron chi connectivity index (χ3n) is 3.96. The Hall–Kier alpha value is -2.09. The summed E-state index contributed by atoms with van der Waals surface area (Å²) in [7, 11) is 0. The van der Waals surface area contributed by atoms with E-state index in [1.807, 2.05) is 11.4 Å². The summed E-state index contributed by atoms with van der Waals surface area (Å²) in [4.78, 5) is 6.60. The first-order valence-electron chi connectivity index (χ1n) is 7.73. The minimum atomic E-state index is -0.260. The first kappa shape index (κ1) is 15.4. The van der Waals surface area contributed by atoms with Gasteiger partial charge >= 0.3 is 0 Å². The van der Waals surface area contributed by atoms with E-state index in [0.29, 0.717) is 13.2 Å². The highest BCUT2D eigenvalue weighted by atomic mass is 32.1. The molecule has 7 heteroatoms. The number of benzene rings is 1. The van der Waals surface area contributed by atoms with Crippen LogP contribution in [0.2, 0.25) is 0 Å². The summed E-state index contributed by atoms with van der Waals surface area (Å²) in [6, 6.07) is 8.14. The molecule has 0 amide bonds. The topological polar surface area (TPSA) is 51.4 Å². The monoisotopic (exact) mass is 345 g/mol. The zero-order valence-electron chi connectivity index (χ0n) is 12.9. The maximum Gasteiger partial charge on any atom is 0.151 e. The number of thiazole rings is 1. The molecule has 3 aromatic rings. The van der Waals surface area contributed by atoms with E-state index >= 15 is 0 Å². The van der Waals surface area contributed by atoms with Crippen LogP contribution in [0.1, 0.15) is 16.9 Å². The lowest BCUT2D eigenvalue weighted by Gasteiger charge is -2.31. The first-order valence-corrected chi connectivity index (χ1v) is 8.61. The maximum absolute atomic E-state index is 13.0. The van der Waals surface area contributed by atoms with Crippen LogP contribution in [0.25, 0.3) is 11.3 Å². The van der Waals surface area contributed by atoms with Gasteiger partial charge in [0.25, 0.3) is 0 Å². The lowest BCUT2D eigenvalue weighted by atomic mass is 10.1. The van der Waals surface area contributed by atoms with Crippen molar-refractivity contribution in [2.75, 3.05) is 19.7 Å². The number of hydrogen-bond donors (Lipinski definition) is 0. The standard InChI is InChI=1S/C17H16FN3O2S/c18-13-3-1-12(2-4-13)15-9-14(23-20-15)10-21-6-7-22-16(11-21)17-19-5-8-24-17/h1-5,8-9,16H,6-7,10-11H2/t16-/m1/s1. The van der Waals surface area contributed by atoms with E-state index in [2.05, 4.69) is 15.0 Å². The minimum Gasteiger partial charge on any atom is -0.368 e. The van der Waals surface area contributed by atoms with Crippen LogP contribution in [0.15, 0.2) is 46.4 Å². The summed E-state index contributed by atoms with van der Waals surface area (Å²) in [5, 5.41) is 7.05. The van der Waals surface area contributed by atoms with Gasteiger partial charge in [0.05, 0.1) is 13.2 Å². The summed E-state index contributed by atoms with van der Waals surface area (Å²) < 4.78 is 24.2. The predicted octanol–water partition coefficient (Wildman–Crippen LogP) is 3.51. The molecule has 0 unspecified atom stereocenters. The SMILES string of the molecule is Fc1ccc(-c2cc(CN3CCO[C@@H](c4nccs4)C3)on2)cc1. The quantitative estimate of drug-likeness (QED) is 0.724. The fourth-order valence-electron chi connectivity index (χ4n) is 2.75. The molecule has 3 heterocycles. The highest BCUT2D eigenvalue weighted by Gasteiger charge is 2.24. The molecular weight excluding hydrogens is 329 g/mol. The number of aromatic nitrogens is 2. The van der Waals surface area contributed by atoms with Crippen LogP contribution in [0.4, 0.5) is 4.39 Å². The molecule has 1 aliphatic rings. The van der Waals surface area contributed by atoms with Gasteiger partial charge in [-0.15, -0.1) is 11.3 Å². The molecule has 1 atom stereocenters. The van der Waals surface area contributed by atoms with Crippen molar-refractivity contribution in [2.45, 2.75) is 12.6 Å². The van der Waals surface area contributed by atoms with E-state index in [4.69, 9.17) is 9.26 Å². The predicted molar refractivity (Wildman–Crippen MR) is 88.0 cm³/mol. The fraction of sp³-hybridized carbons (Fsp3) is 0.294. The summed E-state index contributed by atoms with van der Waals surface area (Å²) in [5.41, 5.74) is 1.56. The summed E-state index contributed by atoms with van der Waals surface area (Å²) in [5.74, 6) is 0.526. The zero-order chi connectivity index (χ0) is 16.4. The van der Waals surface area contributed by atoms with Gasteiger partial charge in [-0.2, -0.15) is 0 Å². The molecule has 1 fully saturated rings. The van der Waals surface area contributed by atoms with Crippen molar-refractivity contribution >= 4 is 11.3 Å². The lowest BCUT2D eigenvalue weighted by molar-refractivity contribution is -0.0351. The van der Waals surface area contributed by atoms with E-state index in [1.54, 1.807) is 29.7 Å². The number of ether oxygens (including phenoxy) is 1. The Morgan fingerprint density at radius 2 is 2.17 bits per heavy atom. The van der Waals surface area contributed by atoms with E-state index in [9.17, 15) is 4.39 Å². The Kier molecular flexibility index (Phi) is 4.38. The van der Waals surface area contributed by atoms with E-state index in [1.165, 1.54) is 12.1 Å². The Morgan fingerprint density at radius 3 is 2.96 bits per heavy atom. The molecule has 0 spiro atoms. The van der Waals surface area contributed by atoms with Crippen molar-refractivity contribution in [3.8, 4) is 11.3 Å². The van der Waals surface area contributed by atoms with Crippen molar-refractivity contribution < 1.29 is 13.7 Å². The Balaban J connectivity index is 1.43. The number of halogens is 1. The highest BCUT2D eigenvalue weighted by molar-refractivity contribution is 7.09. The van der Waals surface area contributed by atoms with Gasteiger partial charge < -0.3 is 9.26 Å². The molecule has 124 valence electrons. The van der Waals surface area contributed by atoms with Crippen LogP contribution in [0.5, 0.6) is 0 Å². The largest absolute Gasteiger partial charge is 0.368 e. The van der Waals surface area contributed by atoms with Gasteiger partial charge in [-0.25, -0.2) is 9.37 Å². The van der Waals surface area contributed by atoms with Crippen LogP contribution in [-0.2, 0) is 11.3 Å². The van der Waals surface area contributed by atoms with Crippen molar-refractivity contribution in [3.63, 3.8) is 0 Å². The normalized spacial score (nSPS) is 18.8. The molecule has 0 aliphatic carbocycles. The van der Waals surface area contributed by atoms with Crippen LogP contribution in [-0.4, -0.2) is 34.7 Å². The van der Waals surface area contributed by atoms with E-state index < -0.39 is 0 Å². The number of hydrogen-bond acceptors (Lipinski definition) is 6. The second kappa shape index (κ2) is 6.80. The van der Waals surface area contributed by atoms with Gasteiger partial charge in [0.1, 0.15) is 22.6 Å². The molecule has 0 N–H and O–H groups in total. The summed E-state index contributed by atoms with van der Waals surface area (Å²) in [6.07, 6.45) is 1.81. The fourth-order valence-corrected chi connectivity index (χ4v) is 3.43. The van der Waals surface area contributed by atoms with Gasteiger partial charge in [0.15, 0.2) is 5.76 Å². The average Bonchev–Trinajstić information content (AvgIpc) is 3.28. The van der Waals surface area contributed by atoms with Crippen LogP contribution >= 0.6 is 11.3 Å². The molecular formula is C17H16FN3O2S. The number of nitrogens with zero attached hydrogens (tertiary/aromatic N) is 3. The third kappa shape index (κ3) is 3.38. The van der Waals surface area contributed by atoms with Crippen molar-refractivity contribution in [2.24, 2.45) is 0 Å². The van der Waals surface area contributed by atoms with E-state index in [0.717, 1.165) is 35.1 Å². The minimum absolute atomic E-state index is 0.0123. The Labute approximate surface area is 142 Å². The molecule has 5 nitrogen and oxygen atoms in total. The summed E-state index contributed by atoms with van der Waals surface area (Å²) in [6.45, 7) is 2.96. The van der Waals surface area contributed by atoms with Gasteiger partial charge in [0.2, 0.25) is 0 Å². The molecule has 24 heavy (non-hydrogen) atoms. The highest BCUT2D eigenvalue weighted by Crippen LogP contribution is 2.26. The molecule has 4 rings (SSSR count). The van der Waals surface area contributed by atoms with Gasteiger partial charge in [-0.1, -0.05) is 5.16 Å². The molecule has 0 radical (unpaired) electrons. The van der Waals surface area contributed by atoms with Gasteiger partial charge in [-0.3, -0.25) is 4.90 Å². The molecule has 2 aromatic heterocycles. The first-order chi connectivity index (χ1) is 11.8. The number of rotatable bonds is 4. The maximum atomic E-state index is 13.0. The molecule has 1 aliphatic heterocycles. The molecule has 1 aromatic carbocycles. The second-order valence-corrected chi connectivity index (χ2v) is 6.58. The van der Waals surface area contributed by atoms with E-state index in [-0.39, 0.29) is 11.9 Å². The smallest absolute Gasteiger partial charge is 0.151 e.